The average molecular weight is 521 g/mol. The van der Waals surface area contributed by atoms with Crippen molar-refractivity contribution in [3.05, 3.63) is 52.8 Å². The molecule has 11 heteroatoms. The predicted octanol–water partition coefficient (Wildman–Crippen LogP) is 0.128. The van der Waals surface area contributed by atoms with Crippen molar-refractivity contribution in [2.24, 2.45) is 0 Å². The molecule has 1 aromatic carbocycles. The second-order valence-electron chi connectivity index (χ2n) is 8.37. The van der Waals surface area contributed by atoms with E-state index in [4.69, 9.17) is 0 Å². The fourth-order valence-corrected chi connectivity index (χ4v) is 4.88. The summed E-state index contributed by atoms with van der Waals surface area (Å²) in [6.07, 6.45) is 3.52. The number of carbonyl (C=O) groups is 2. The van der Waals surface area contributed by atoms with Crippen LogP contribution in [0.15, 0.2) is 47.2 Å². The number of rotatable bonds is 7. The largest absolute Gasteiger partial charge is 0.380 e. The third-order valence-electron chi connectivity index (χ3n) is 6.20. The van der Waals surface area contributed by atoms with Gasteiger partial charge < -0.3 is 25.9 Å². The number of anilines is 1. The van der Waals surface area contributed by atoms with Gasteiger partial charge in [-0.25, -0.2) is 10.9 Å². The minimum Gasteiger partial charge on any atom is -0.380 e. The lowest BCUT2D eigenvalue weighted by molar-refractivity contribution is -0.154. The van der Waals surface area contributed by atoms with Gasteiger partial charge in [0.25, 0.3) is 11.8 Å². The fourth-order valence-electron chi connectivity index (χ4n) is 4.35. The summed E-state index contributed by atoms with van der Waals surface area (Å²) in [6.45, 7) is 3.01. The Labute approximate surface area is 200 Å². The molecule has 0 bridgehead atoms. The lowest BCUT2D eigenvalue weighted by Crippen LogP contribution is -2.55. The van der Waals surface area contributed by atoms with Crippen LogP contribution in [-0.2, 0) is 9.59 Å². The zero-order chi connectivity index (χ0) is 23.5. The number of aliphatic hydroxyl groups is 2. The number of amides is 2. The molecule has 1 aromatic rings. The highest BCUT2D eigenvalue weighted by Crippen LogP contribution is 2.28. The molecule has 3 aliphatic heterocycles. The summed E-state index contributed by atoms with van der Waals surface area (Å²) in [5.41, 5.74) is 10.9. The number of halogens is 1. The zero-order valence-corrected chi connectivity index (χ0v) is 19.8. The van der Waals surface area contributed by atoms with E-state index in [1.165, 1.54) is 4.90 Å². The van der Waals surface area contributed by atoms with E-state index >= 15 is 0 Å². The third-order valence-corrected chi connectivity index (χ3v) is 6.92. The van der Waals surface area contributed by atoms with Crippen LogP contribution >= 0.6 is 15.9 Å². The van der Waals surface area contributed by atoms with Crippen LogP contribution in [0.4, 0.5) is 5.69 Å². The Kier molecular flexibility index (Phi) is 7.35. The molecule has 0 spiro atoms. The van der Waals surface area contributed by atoms with Crippen molar-refractivity contribution >= 4 is 33.4 Å². The van der Waals surface area contributed by atoms with Crippen LogP contribution in [0, 0.1) is 0 Å². The molecule has 1 saturated heterocycles. The summed E-state index contributed by atoms with van der Waals surface area (Å²) in [5, 5.41) is 25.5. The van der Waals surface area contributed by atoms with E-state index in [1.54, 1.807) is 13.1 Å². The van der Waals surface area contributed by atoms with Gasteiger partial charge in [0.15, 0.2) is 12.2 Å². The standard InChI is InChI=1S/C22H29BrN6O4/c1-13(14-5-7-15(8-6-14)29-11-3-9-25-29)26-21(32)19(30)20(31)22(33)28-10-2-4-17(28)18-16(23)12-24-27-18/h3,5-8,11-13,17-20,24-25,27,30-31H,2,4,9-10H2,1H3,(H,26,32)/t13-,17-,18?,19-,20-/m1/s1. The topological polar surface area (TPSA) is 129 Å². The molecule has 1 unspecified atom stereocenters. The molecule has 0 aliphatic carbocycles. The highest BCUT2D eigenvalue weighted by molar-refractivity contribution is 9.11. The molecule has 6 N–H and O–H groups in total. The van der Waals surface area contributed by atoms with Crippen molar-refractivity contribution in [3.8, 4) is 0 Å². The van der Waals surface area contributed by atoms with E-state index in [9.17, 15) is 19.8 Å². The minimum atomic E-state index is -1.87. The van der Waals surface area contributed by atoms with E-state index in [0.29, 0.717) is 6.54 Å². The molecular weight excluding hydrogens is 492 g/mol. The number of benzene rings is 1. The number of aliphatic hydroxyl groups excluding tert-OH is 2. The molecule has 33 heavy (non-hydrogen) atoms. The Balaban J connectivity index is 1.34. The number of nitrogens with one attached hydrogen (secondary N) is 4. The first-order valence-corrected chi connectivity index (χ1v) is 11.8. The van der Waals surface area contributed by atoms with Gasteiger partial charge in [0, 0.05) is 30.0 Å². The van der Waals surface area contributed by atoms with Crippen molar-refractivity contribution in [3.63, 3.8) is 0 Å². The highest BCUT2D eigenvalue weighted by Gasteiger charge is 2.42. The van der Waals surface area contributed by atoms with E-state index in [0.717, 1.165) is 35.1 Å². The van der Waals surface area contributed by atoms with Gasteiger partial charge in [-0.15, -0.1) is 0 Å². The van der Waals surface area contributed by atoms with E-state index in [1.807, 2.05) is 41.6 Å². The Morgan fingerprint density at radius 1 is 1.21 bits per heavy atom. The van der Waals surface area contributed by atoms with Crippen molar-refractivity contribution in [2.75, 3.05) is 18.1 Å². The second-order valence-corrected chi connectivity index (χ2v) is 9.28. The number of carbonyl (C=O) groups excluding carboxylic acids is 2. The molecule has 3 heterocycles. The number of hydrazine groups is 2. The Bertz CT molecular complexity index is 939. The maximum absolute atomic E-state index is 12.9. The van der Waals surface area contributed by atoms with Crippen LogP contribution in [0.1, 0.15) is 31.4 Å². The Hall–Kier alpha value is -2.44. The summed E-state index contributed by atoms with van der Waals surface area (Å²) in [7, 11) is 0. The van der Waals surface area contributed by atoms with Crippen molar-refractivity contribution in [1.82, 2.24) is 26.5 Å². The van der Waals surface area contributed by atoms with Crippen molar-refractivity contribution < 1.29 is 19.8 Å². The van der Waals surface area contributed by atoms with Gasteiger partial charge in [-0.3, -0.25) is 14.6 Å². The highest BCUT2D eigenvalue weighted by atomic mass is 79.9. The molecule has 1 fully saturated rings. The Morgan fingerprint density at radius 2 is 1.97 bits per heavy atom. The van der Waals surface area contributed by atoms with E-state index < -0.39 is 30.1 Å². The summed E-state index contributed by atoms with van der Waals surface area (Å²) < 4.78 is 0.872. The van der Waals surface area contributed by atoms with Crippen molar-refractivity contribution in [2.45, 2.75) is 50.1 Å². The molecule has 3 aliphatic rings. The first kappa shape index (κ1) is 23.7. The van der Waals surface area contributed by atoms with Gasteiger partial charge in [0.05, 0.1) is 23.8 Å². The number of nitrogens with zero attached hydrogens (tertiary/aromatic N) is 2. The van der Waals surface area contributed by atoms with Crippen LogP contribution < -0.4 is 26.6 Å². The van der Waals surface area contributed by atoms with Crippen molar-refractivity contribution in [1.29, 1.82) is 0 Å². The smallest absolute Gasteiger partial charge is 0.255 e. The lowest BCUT2D eigenvalue weighted by Gasteiger charge is -2.32. The number of likely N-dealkylation sites (tertiary alicyclic amines) is 1. The zero-order valence-electron chi connectivity index (χ0n) is 18.2. The van der Waals surface area contributed by atoms with Gasteiger partial charge in [-0.2, -0.15) is 0 Å². The van der Waals surface area contributed by atoms with Crippen LogP contribution in [-0.4, -0.2) is 64.3 Å². The van der Waals surface area contributed by atoms with Crippen LogP contribution in [0.3, 0.4) is 0 Å². The van der Waals surface area contributed by atoms with E-state index in [2.05, 4.69) is 37.5 Å². The summed E-state index contributed by atoms with van der Waals surface area (Å²) in [4.78, 5) is 27.0. The summed E-state index contributed by atoms with van der Waals surface area (Å²) in [6, 6.07) is 6.84. The maximum Gasteiger partial charge on any atom is 0.255 e. The quantitative estimate of drug-likeness (QED) is 0.299. The van der Waals surface area contributed by atoms with E-state index in [-0.39, 0.29) is 12.1 Å². The predicted molar refractivity (Wildman–Crippen MR) is 126 cm³/mol. The van der Waals surface area contributed by atoms with Crippen LogP contribution in [0.2, 0.25) is 0 Å². The van der Waals surface area contributed by atoms with Crippen LogP contribution in [0.5, 0.6) is 0 Å². The summed E-state index contributed by atoms with van der Waals surface area (Å²) in [5.74, 6) is -1.45. The normalized spacial score (nSPS) is 24.9. The third kappa shape index (κ3) is 5.07. The molecule has 4 rings (SSSR count). The first-order chi connectivity index (χ1) is 15.9. The monoisotopic (exact) mass is 520 g/mol. The molecule has 2 amide bonds. The Morgan fingerprint density at radius 3 is 2.61 bits per heavy atom. The SMILES string of the molecule is C[C@@H](NC(=O)[C@H](O)[C@@H](O)C(=O)N1CCC[C@@H]1C1NNC=C1Br)c1ccc(N2C=CCN2)cc1. The molecule has 5 atom stereocenters. The maximum atomic E-state index is 12.9. The second kappa shape index (κ2) is 10.2. The minimum absolute atomic E-state index is 0.149. The van der Waals surface area contributed by atoms with Crippen LogP contribution in [0.25, 0.3) is 0 Å². The van der Waals surface area contributed by atoms with Gasteiger partial charge in [-0.1, -0.05) is 34.1 Å². The molecule has 0 radical (unpaired) electrons. The average Bonchev–Trinajstić information content (AvgIpc) is 3.59. The molecule has 10 nitrogen and oxygen atoms in total. The van der Waals surface area contributed by atoms with Gasteiger partial charge >= 0.3 is 0 Å². The number of hydrogen-bond donors (Lipinski definition) is 6. The molecule has 0 aromatic heterocycles. The van der Waals surface area contributed by atoms with Gasteiger partial charge in [0.2, 0.25) is 0 Å². The fraction of sp³-hybridized carbons (Fsp3) is 0.455. The number of hydrogen-bond acceptors (Lipinski definition) is 8. The molecular formula is C22H29BrN6O4. The first-order valence-electron chi connectivity index (χ1n) is 11.0. The molecule has 0 saturated carbocycles. The molecule has 178 valence electrons. The summed E-state index contributed by atoms with van der Waals surface area (Å²) >= 11 is 3.47. The van der Waals surface area contributed by atoms with Gasteiger partial charge in [0.1, 0.15) is 0 Å². The van der Waals surface area contributed by atoms with Gasteiger partial charge in [-0.05, 0) is 37.5 Å². The lowest BCUT2D eigenvalue weighted by atomic mass is 10.0.